The fourth-order valence-corrected chi connectivity index (χ4v) is 3.50. The molecular formula is C16H18F3N5OS. The van der Waals surface area contributed by atoms with Crippen molar-refractivity contribution in [3.63, 3.8) is 0 Å². The van der Waals surface area contributed by atoms with E-state index < -0.39 is 11.7 Å². The summed E-state index contributed by atoms with van der Waals surface area (Å²) < 4.78 is 40.3. The molecule has 0 bridgehead atoms. The number of thioether (sulfide) groups is 1. The zero-order valence-corrected chi connectivity index (χ0v) is 14.9. The third kappa shape index (κ3) is 4.29. The summed E-state index contributed by atoms with van der Waals surface area (Å²) in [7, 11) is 1.81. The molecule has 10 heteroatoms. The van der Waals surface area contributed by atoms with E-state index in [-0.39, 0.29) is 11.7 Å². The topological polar surface area (TPSA) is 54.3 Å². The number of anilines is 1. The van der Waals surface area contributed by atoms with Crippen molar-refractivity contribution in [1.29, 1.82) is 0 Å². The molecule has 0 radical (unpaired) electrons. The summed E-state index contributed by atoms with van der Waals surface area (Å²) in [5, 5.41) is 8.35. The van der Waals surface area contributed by atoms with Crippen molar-refractivity contribution in [2.24, 2.45) is 7.05 Å². The van der Waals surface area contributed by atoms with Crippen molar-refractivity contribution in [3.8, 4) is 0 Å². The second kappa shape index (κ2) is 7.56. The SMILES string of the molecule is Cn1cnnc1SCC(=O)N1CCN(c2cccc(C(F)(F)F)c2)CC1. The number of carbonyl (C=O) groups is 1. The van der Waals surface area contributed by atoms with Gasteiger partial charge in [0.05, 0.1) is 11.3 Å². The molecule has 0 aliphatic carbocycles. The third-order valence-electron chi connectivity index (χ3n) is 4.17. The number of piperazine rings is 1. The number of rotatable bonds is 4. The van der Waals surface area contributed by atoms with Crippen LogP contribution in [0.1, 0.15) is 5.56 Å². The lowest BCUT2D eigenvalue weighted by Crippen LogP contribution is -2.49. The molecule has 0 N–H and O–H groups in total. The number of alkyl halides is 3. The number of hydrogen-bond acceptors (Lipinski definition) is 5. The van der Waals surface area contributed by atoms with Crippen LogP contribution in [0.25, 0.3) is 0 Å². The molecule has 6 nitrogen and oxygen atoms in total. The van der Waals surface area contributed by atoms with Gasteiger partial charge in [0.25, 0.3) is 0 Å². The number of hydrogen-bond donors (Lipinski definition) is 0. The largest absolute Gasteiger partial charge is 0.416 e. The van der Waals surface area contributed by atoms with Gasteiger partial charge in [-0.2, -0.15) is 13.2 Å². The van der Waals surface area contributed by atoms with Gasteiger partial charge in [0.1, 0.15) is 6.33 Å². The molecule has 1 aromatic carbocycles. The van der Waals surface area contributed by atoms with Gasteiger partial charge in [0.2, 0.25) is 5.91 Å². The molecule has 0 unspecified atom stereocenters. The second-order valence-electron chi connectivity index (χ2n) is 5.93. The van der Waals surface area contributed by atoms with Crippen LogP contribution in [-0.4, -0.2) is 57.5 Å². The van der Waals surface area contributed by atoms with Crippen LogP contribution in [0, 0.1) is 0 Å². The zero-order valence-electron chi connectivity index (χ0n) is 14.1. The van der Waals surface area contributed by atoms with Crippen molar-refractivity contribution >= 4 is 23.4 Å². The summed E-state index contributed by atoms with van der Waals surface area (Å²) in [6.45, 7) is 1.96. The lowest BCUT2D eigenvalue weighted by molar-refractivity contribution is -0.137. The minimum Gasteiger partial charge on any atom is -0.368 e. The van der Waals surface area contributed by atoms with Gasteiger partial charge < -0.3 is 14.4 Å². The minimum absolute atomic E-state index is 0.0123. The number of amides is 1. The Kier molecular flexibility index (Phi) is 5.40. The normalized spacial score (nSPS) is 15.4. The number of halogens is 3. The van der Waals surface area contributed by atoms with Gasteiger partial charge in [-0.05, 0) is 18.2 Å². The quantitative estimate of drug-likeness (QED) is 0.756. The van der Waals surface area contributed by atoms with E-state index in [9.17, 15) is 18.0 Å². The van der Waals surface area contributed by atoms with Gasteiger partial charge in [0, 0.05) is 38.9 Å². The first-order valence-corrected chi connectivity index (χ1v) is 9.00. The van der Waals surface area contributed by atoms with Crippen LogP contribution in [0.15, 0.2) is 35.7 Å². The van der Waals surface area contributed by atoms with E-state index in [0.29, 0.717) is 37.0 Å². The molecule has 1 amide bonds. The monoisotopic (exact) mass is 385 g/mol. The Morgan fingerprint density at radius 1 is 1.23 bits per heavy atom. The Bertz CT molecular complexity index is 771. The molecule has 1 fully saturated rings. The lowest BCUT2D eigenvalue weighted by atomic mass is 10.1. The Hall–Kier alpha value is -2.23. The number of nitrogens with zero attached hydrogens (tertiary/aromatic N) is 5. The van der Waals surface area contributed by atoms with Crippen LogP contribution >= 0.6 is 11.8 Å². The maximum atomic E-state index is 12.8. The number of aryl methyl sites for hydroxylation is 1. The molecule has 0 atom stereocenters. The molecule has 0 spiro atoms. The fraction of sp³-hybridized carbons (Fsp3) is 0.438. The van der Waals surface area contributed by atoms with Gasteiger partial charge in [-0.3, -0.25) is 4.79 Å². The number of aromatic nitrogens is 3. The van der Waals surface area contributed by atoms with Crippen LogP contribution in [0.3, 0.4) is 0 Å². The predicted octanol–water partition coefficient (Wildman–Crippen LogP) is 2.27. The summed E-state index contributed by atoms with van der Waals surface area (Å²) in [5.74, 6) is 0.248. The van der Waals surface area contributed by atoms with E-state index in [0.717, 1.165) is 12.1 Å². The molecule has 2 aromatic rings. The molecule has 3 rings (SSSR count). The van der Waals surface area contributed by atoms with Crippen LogP contribution < -0.4 is 4.90 Å². The highest BCUT2D eigenvalue weighted by atomic mass is 32.2. The molecule has 1 aliphatic heterocycles. The smallest absolute Gasteiger partial charge is 0.368 e. The molecular weight excluding hydrogens is 367 g/mol. The van der Waals surface area contributed by atoms with Crippen molar-refractivity contribution in [2.75, 3.05) is 36.8 Å². The standard InChI is InChI=1S/C16H18F3N5OS/c1-22-11-20-21-15(22)26-10-14(25)24-7-5-23(6-8-24)13-4-2-3-12(9-13)16(17,18)19/h2-4,9,11H,5-8,10H2,1H3. The third-order valence-corrected chi connectivity index (χ3v) is 5.18. The Morgan fingerprint density at radius 3 is 2.58 bits per heavy atom. The predicted molar refractivity (Wildman–Crippen MR) is 92.0 cm³/mol. The highest BCUT2D eigenvalue weighted by Crippen LogP contribution is 2.31. The minimum atomic E-state index is -4.36. The molecule has 2 heterocycles. The van der Waals surface area contributed by atoms with Crippen molar-refractivity contribution in [3.05, 3.63) is 36.2 Å². The van der Waals surface area contributed by atoms with Crippen molar-refractivity contribution < 1.29 is 18.0 Å². The summed E-state index contributed by atoms with van der Waals surface area (Å²) in [6.07, 6.45) is -2.79. The Labute approximate surface area is 153 Å². The molecule has 1 aliphatic rings. The van der Waals surface area contributed by atoms with Crippen molar-refractivity contribution in [1.82, 2.24) is 19.7 Å². The summed E-state index contributed by atoms with van der Waals surface area (Å²) >= 11 is 1.32. The molecule has 0 saturated carbocycles. The number of carbonyl (C=O) groups excluding carboxylic acids is 1. The maximum absolute atomic E-state index is 12.8. The van der Waals surface area contributed by atoms with Crippen LogP contribution in [0.5, 0.6) is 0 Å². The van der Waals surface area contributed by atoms with Gasteiger partial charge in [-0.15, -0.1) is 10.2 Å². The van der Waals surface area contributed by atoms with Crippen LogP contribution in [0.2, 0.25) is 0 Å². The first-order chi connectivity index (χ1) is 12.3. The summed E-state index contributed by atoms with van der Waals surface area (Å²) in [6, 6.07) is 5.29. The lowest BCUT2D eigenvalue weighted by Gasteiger charge is -2.36. The van der Waals surface area contributed by atoms with Crippen LogP contribution in [0.4, 0.5) is 18.9 Å². The molecule has 26 heavy (non-hydrogen) atoms. The van der Waals surface area contributed by atoms with Gasteiger partial charge in [-0.1, -0.05) is 17.8 Å². The fourth-order valence-electron chi connectivity index (χ4n) is 2.71. The van der Waals surface area contributed by atoms with E-state index in [1.807, 2.05) is 4.90 Å². The summed E-state index contributed by atoms with van der Waals surface area (Å²) in [4.78, 5) is 15.9. The highest BCUT2D eigenvalue weighted by molar-refractivity contribution is 7.99. The van der Waals surface area contributed by atoms with Gasteiger partial charge in [-0.25, -0.2) is 0 Å². The van der Waals surface area contributed by atoms with E-state index in [4.69, 9.17) is 0 Å². The van der Waals surface area contributed by atoms with E-state index in [1.54, 1.807) is 28.9 Å². The van der Waals surface area contributed by atoms with Crippen molar-refractivity contribution in [2.45, 2.75) is 11.3 Å². The summed E-state index contributed by atoms with van der Waals surface area (Å²) in [5.41, 5.74) is -0.131. The Balaban J connectivity index is 1.54. The second-order valence-corrected chi connectivity index (χ2v) is 6.87. The van der Waals surface area contributed by atoms with Gasteiger partial charge in [0.15, 0.2) is 5.16 Å². The van der Waals surface area contributed by atoms with E-state index in [1.165, 1.54) is 17.8 Å². The molecule has 140 valence electrons. The van der Waals surface area contributed by atoms with E-state index in [2.05, 4.69) is 10.2 Å². The van der Waals surface area contributed by atoms with E-state index >= 15 is 0 Å². The molecule has 1 aromatic heterocycles. The number of benzene rings is 1. The first-order valence-electron chi connectivity index (χ1n) is 8.01. The van der Waals surface area contributed by atoms with Crippen LogP contribution in [-0.2, 0) is 18.0 Å². The van der Waals surface area contributed by atoms with Gasteiger partial charge >= 0.3 is 6.18 Å². The maximum Gasteiger partial charge on any atom is 0.416 e. The Morgan fingerprint density at radius 2 is 1.96 bits per heavy atom. The first kappa shape index (κ1) is 18.6. The zero-order chi connectivity index (χ0) is 18.7. The molecule has 1 saturated heterocycles. The average Bonchev–Trinajstić information content (AvgIpc) is 3.04. The highest BCUT2D eigenvalue weighted by Gasteiger charge is 2.31. The average molecular weight is 385 g/mol.